The zero-order chi connectivity index (χ0) is 19.1. The Morgan fingerprint density at radius 1 is 1.08 bits per heavy atom. The highest BCUT2D eigenvalue weighted by Gasteiger charge is 2.22. The third-order valence-electron chi connectivity index (χ3n) is 3.54. The van der Waals surface area contributed by atoms with E-state index in [2.05, 4.69) is 10.9 Å². The van der Waals surface area contributed by atoms with Gasteiger partial charge < -0.3 is 4.74 Å². The number of para-hydroxylation sites is 1. The fourth-order valence-electron chi connectivity index (χ4n) is 2.26. The lowest BCUT2D eigenvalue weighted by atomic mass is 10.1. The van der Waals surface area contributed by atoms with Gasteiger partial charge in [-0.1, -0.05) is 19.1 Å². The van der Waals surface area contributed by atoms with Crippen molar-refractivity contribution in [2.75, 3.05) is 6.61 Å². The largest absolute Gasteiger partial charge is 0.494 e. The topological polar surface area (TPSA) is 111 Å². The van der Waals surface area contributed by atoms with Crippen molar-refractivity contribution < 1.29 is 19.2 Å². The Labute approximate surface area is 150 Å². The van der Waals surface area contributed by atoms with Gasteiger partial charge in [0.05, 0.1) is 11.5 Å². The van der Waals surface area contributed by atoms with E-state index in [0.29, 0.717) is 23.5 Å². The number of benzene rings is 2. The molecule has 8 heteroatoms. The van der Waals surface area contributed by atoms with Gasteiger partial charge in [-0.2, -0.15) is 0 Å². The second-order valence-corrected chi connectivity index (χ2v) is 5.51. The van der Waals surface area contributed by atoms with Crippen LogP contribution in [0.1, 0.15) is 39.6 Å². The summed E-state index contributed by atoms with van der Waals surface area (Å²) < 4.78 is 5.43. The van der Waals surface area contributed by atoms with Crippen molar-refractivity contribution in [3.8, 4) is 5.75 Å². The number of nitrogens with one attached hydrogen (secondary N) is 2. The van der Waals surface area contributed by atoms with Crippen molar-refractivity contribution >= 4 is 17.5 Å². The molecule has 0 radical (unpaired) electrons. The quantitative estimate of drug-likeness (QED) is 0.610. The molecule has 0 spiro atoms. The fourth-order valence-corrected chi connectivity index (χ4v) is 2.26. The van der Waals surface area contributed by atoms with Gasteiger partial charge in [0, 0.05) is 11.1 Å². The van der Waals surface area contributed by atoms with Gasteiger partial charge in [0.2, 0.25) is 0 Å². The molecule has 2 amide bonds. The second kappa shape index (κ2) is 8.61. The summed E-state index contributed by atoms with van der Waals surface area (Å²) in [5, 5.41) is 11.1. The third kappa shape index (κ3) is 4.56. The Balaban J connectivity index is 2.02. The molecule has 0 aliphatic carbocycles. The number of nitrogens with zero attached hydrogens (tertiary/aromatic N) is 1. The minimum Gasteiger partial charge on any atom is -0.494 e. The van der Waals surface area contributed by atoms with Crippen LogP contribution in [0.2, 0.25) is 0 Å². The standard InChI is InChI=1S/C18H19N3O5/c1-3-11-26-14-9-7-13(8-10-14)17(22)19-20-18(23)15-6-4-5-12(2)16(15)21(24)25/h4-10H,3,11H2,1-2H3,(H,19,22)(H,20,23). The van der Waals surface area contributed by atoms with Gasteiger partial charge in [0.1, 0.15) is 11.3 Å². The lowest BCUT2D eigenvalue weighted by Crippen LogP contribution is -2.41. The van der Waals surface area contributed by atoms with Gasteiger partial charge in [-0.25, -0.2) is 0 Å². The van der Waals surface area contributed by atoms with Gasteiger partial charge in [-0.15, -0.1) is 0 Å². The number of carbonyl (C=O) groups is 2. The van der Waals surface area contributed by atoms with Crippen LogP contribution in [0.15, 0.2) is 42.5 Å². The van der Waals surface area contributed by atoms with Crippen LogP contribution < -0.4 is 15.6 Å². The number of rotatable bonds is 6. The van der Waals surface area contributed by atoms with Crippen LogP contribution in [-0.4, -0.2) is 23.3 Å². The molecule has 0 saturated carbocycles. The second-order valence-electron chi connectivity index (χ2n) is 5.51. The smallest absolute Gasteiger partial charge is 0.285 e. The summed E-state index contributed by atoms with van der Waals surface area (Å²) in [4.78, 5) is 34.8. The number of carbonyl (C=O) groups excluding carboxylic acids is 2. The van der Waals surface area contributed by atoms with Crippen molar-refractivity contribution in [3.63, 3.8) is 0 Å². The molecule has 0 heterocycles. The van der Waals surface area contributed by atoms with Crippen molar-refractivity contribution in [2.24, 2.45) is 0 Å². The molecule has 8 nitrogen and oxygen atoms in total. The SMILES string of the molecule is CCCOc1ccc(C(=O)NNC(=O)c2cccc(C)c2[N+](=O)[O-])cc1. The molecule has 2 N–H and O–H groups in total. The summed E-state index contributed by atoms with van der Waals surface area (Å²) in [5.74, 6) is -0.671. The normalized spacial score (nSPS) is 10.1. The highest BCUT2D eigenvalue weighted by atomic mass is 16.6. The van der Waals surface area contributed by atoms with Crippen molar-refractivity contribution in [1.29, 1.82) is 0 Å². The van der Waals surface area contributed by atoms with E-state index >= 15 is 0 Å². The van der Waals surface area contributed by atoms with E-state index < -0.39 is 16.7 Å². The summed E-state index contributed by atoms with van der Waals surface area (Å²) in [6.45, 7) is 4.11. The van der Waals surface area contributed by atoms with Crippen LogP contribution in [0, 0.1) is 17.0 Å². The molecule has 0 unspecified atom stereocenters. The molecule has 0 fully saturated rings. The molecule has 2 aromatic rings. The first kappa shape index (κ1) is 18.9. The first-order valence-electron chi connectivity index (χ1n) is 8.01. The lowest BCUT2D eigenvalue weighted by Gasteiger charge is -2.09. The van der Waals surface area contributed by atoms with E-state index in [1.54, 1.807) is 24.3 Å². The minimum absolute atomic E-state index is 0.126. The van der Waals surface area contributed by atoms with Gasteiger partial charge in [0.25, 0.3) is 17.5 Å². The van der Waals surface area contributed by atoms with Crippen LogP contribution in [0.4, 0.5) is 5.69 Å². The monoisotopic (exact) mass is 357 g/mol. The van der Waals surface area contributed by atoms with E-state index in [-0.39, 0.29) is 11.3 Å². The van der Waals surface area contributed by atoms with Crippen LogP contribution in [0.3, 0.4) is 0 Å². The van der Waals surface area contributed by atoms with Crippen LogP contribution in [0.25, 0.3) is 0 Å². The molecular weight excluding hydrogens is 338 g/mol. The molecule has 26 heavy (non-hydrogen) atoms. The minimum atomic E-state index is -0.767. The van der Waals surface area contributed by atoms with Crippen LogP contribution in [0.5, 0.6) is 5.75 Å². The number of hydrazine groups is 1. The molecule has 2 aromatic carbocycles. The number of aryl methyl sites for hydroxylation is 1. The Morgan fingerprint density at radius 3 is 2.35 bits per heavy atom. The highest BCUT2D eigenvalue weighted by Crippen LogP contribution is 2.22. The number of nitro benzene ring substituents is 1. The molecule has 136 valence electrons. The average Bonchev–Trinajstić information content (AvgIpc) is 2.64. The van der Waals surface area contributed by atoms with E-state index in [1.165, 1.54) is 25.1 Å². The molecule has 0 atom stereocenters. The molecule has 0 aromatic heterocycles. The predicted octanol–water partition coefficient (Wildman–Crippen LogP) is 2.77. The van der Waals surface area contributed by atoms with Crippen LogP contribution in [-0.2, 0) is 0 Å². The molecule has 0 aliphatic rings. The predicted molar refractivity (Wildman–Crippen MR) is 95.0 cm³/mol. The molecule has 0 saturated heterocycles. The fraction of sp³-hybridized carbons (Fsp3) is 0.222. The summed E-state index contributed by atoms with van der Waals surface area (Å²) in [6, 6.07) is 10.8. The van der Waals surface area contributed by atoms with Crippen molar-refractivity contribution in [2.45, 2.75) is 20.3 Å². The molecular formula is C18H19N3O5. The maximum absolute atomic E-state index is 12.2. The number of amides is 2. The zero-order valence-corrected chi connectivity index (χ0v) is 14.4. The zero-order valence-electron chi connectivity index (χ0n) is 14.4. The highest BCUT2D eigenvalue weighted by molar-refractivity contribution is 6.01. The first-order chi connectivity index (χ1) is 12.4. The Bertz CT molecular complexity index is 818. The van der Waals surface area contributed by atoms with Gasteiger partial charge in [-0.3, -0.25) is 30.6 Å². The van der Waals surface area contributed by atoms with Crippen molar-refractivity contribution in [1.82, 2.24) is 10.9 Å². The summed E-state index contributed by atoms with van der Waals surface area (Å²) in [6.07, 6.45) is 0.874. The Hall–Kier alpha value is -3.42. The average molecular weight is 357 g/mol. The maximum Gasteiger partial charge on any atom is 0.285 e. The van der Waals surface area contributed by atoms with E-state index in [4.69, 9.17) is 4.74 Å². The van der Waals surface area contributed by atoms with E-state index in [9.17, 15) is 19.7 Å². The van der Waals surface area contributed by atoms with Gasteiger partial charge in [-0.05, 0) is 43.7 Å². The molecule has 0 aliphatic heterocycles. The summed E-state index contributed by atoms with van der Waals surface area (Å²) in [7, 11) is 0. The number of ether oxygens (including phenoxy) is 1. The number of nitro groups is 1. The van der Waals surface area contributed by atoms with Crippen molar-refractivity contribution in [3.05, 3.63) is 69.3 Å². The lowest BCUT2D eigenvalue weighted by molar-refractivity contribution is -0.385. The van der Waals surface area contributed by atoms with Gasteiger partial charge in [0.15, 0.2) is 0 Å². The Morgan fingerprint density at radius 2 is 1.73 bits per heavy atom. The summed E-state index contributed by atoms with van der Waals surface area (Å²) in [5.41, 5.74) is 4.69. The number of hydrogen-bond donors (Lipinski definition) is 2. The molecule has 2 rings (SSSR count). The maximum atomic E-state index is 12.2. The van der Waals surface area contributed by atoms with Gasteiger partial charge >= 0.3 is 0 Å². The van der Waals surface area contributed by atoms with Crippen LogP contribution >= 0.6 is 0 Å². The Kier molecular flexibility index (Phi) is 6.26. The van der Waals surface area contributed by atoms with E-state index in [0.717, 1.165) is 6.42 Å². The van der Waals surface area contributed by atoms with E-state index in [1.807, 2.05) is 6.92 Å². The third-order valence-corrected chi connectivity index (χ3v) is 3.54. The molecule has 0 bridgehead atoms. The first-order valence-corrected chi connectivity index (χ1v) is 8.01. The summed E-state index contributed by atoms with van der Waals surface area (Å²) >= 11 is 0. The number of hydrogen-bond acceptors (Lipinski definition) is 5.